The normalized spacial score (nSPS) is 21.4. The summed E-state index contributed by atoms with van der Waals surface area (Å²) in [6.07, 6.45) is 1.86. The van der Waals surface area contributed by atoms with Crippen LogP contribution in [0.4, 0.5) is 4.39 Å². The van der Waals surface area contributed by atoms with Crippen LogP contribution < -0.4 is 5.32 Å². The first kappa shape index (κ1) is 22.5. The Labute approximate surface area is 205 Å². The van der Waals surface area contributed by atoms with Crippen molar-refractivity contribution in [3.63, 3.8) is 0 Å². The number of nitrogens with zero attached hydrogens (tertiary/aromatic N) is 3. The summed E-state index contributed by atoms with van der Waals surface area (Å²) in [4.78, 5) is 53.5. The van der Waals surface area contributed by atoms with Crippen LogP contribution in [0.2, 0.25) is 0 Å². The van der Waals surface area contributed by atoms with Gasteiger partial charge < -0.3 is 4.52 Å². The van der Waals surface area contributed by atoms with Gasteiger partial charge in [0.15, 0.2) is 5.58 Å². The van der Waals surface area contributed by atoms with Gasteiger partial charge in [0.25, 0.3) is 11.8 Å². The van der Waals surface area contributed by atoms with Crippen molar-refractivity contribution in [1.29, 1.82) is 0 Å². The van der Waals surface area contributed by atoms with Gasteiger partial charge in [-0.1, -0.05) is 17.3 Å². The standard InChI is InChI=1S/C26H23FN4O5/c27-16-4-5-17-20(12-16)36-29-23(17)14-8-10-30(11-9-14)13-15-2-1-3-18-22(15)26(35)31(25(18)34)19-6-7-21(32)28-24(19)33/h1-5,12,14,19H,6-11,13H2,(H,28,32,33). The second-order valence-corrected chi connectivity index (χ2v) is 9.55. The van der Waals surface area contributed by atoms with Gasteiger partial charge in [-0.2, -0.15) is 0 Å². The van der Waals surface area contributed by atoms with Gasteiger partial charge in [0.1, 0.15) is 11.9 Å². The molecule has 3 aliphatic rings. The molecule has 3 aromatic rings. The fourth-order valence-electron chi connectivity index (χ4n) is 5.55. The van der Waals surface area contributed by atoms with Crippen LogP contribution in [0.25, 0.3) is 11.0 Å². The molecule has 1 N–H and O–H groups in total. The summed E-state index contributed by atoms with van der Waals surface area (Å²) in [5, 5.41) is 7.25. The molecule has 0 saturated carbocycles. The molecule has 1 atom stereocenters. The molecule has 0 spiro atoms. The predicted octanol–water partition coefficient (Wildman–Crippen LogP) is 2.75. The lowest BCUT2D eigenvalue weighted by Crippen LogP contribution is -2.54. The minimum absolute atomic E-state index is 0.0847. The van der Waals surface area contributed by atoms with Crippen molar-refractivity contribution in [2.45, 2.75) is 44.2 Å². The second kappa shape index (κ2) is 8.63. The van der Waals surface area contributed by atoms with Crippen molar-refractivity contribution < 1.29 is 28.1 Å². The summed E-state index contributed by atoms with van der Waals surface area (Å²) < 4.78 is 18.8. The molecule has 2 saturated heterocycles. The first-order chi connectivity index (χ1) is 17.4. The first-order valence-electron chi connectivity index (χ1n) is 12.0. The van der Waals surface area contributed by atoms with E-state index in [-0.39, 0.29) is 24.6 Å². The number of carbonyl (C=O) groups is 4. The zero-order valence-corrected chi connectivity index (χ0v) is 19.3. The molecule has 2 aromatic carbocycles. The van der Waals surface area contributed by atoms with Gasteiger partial charge >= 0.3 is 0 Å². The SMILES string of the molecule is O=C1CCC(N2C(=O)c3cccc(CN4CCC(c5noc6cc(F)ccc56)CC4)c3C2=O)C(=O)N1. The fourth-order valence-corrected chi connectivity index (χ4v) is 5.55. The number of aromatic nitrogens is 1. The number of hydrogen-bond donors (Lipinski definition) is 1. The number of hydrogen-bond acceptors (Lipinski definition) is 7. The number of rotatable bonds is 4. The van der Waals surface area contributed by atoms with Gasteiger partial charge in [-0.05, 0) is 56.1 Å². The van der Waals surface area contributed by atoms with Crippen molar-refractivity contribution in [2.75, 3.05) is 13.1 Å². The number of nitrogens with one attached hydrogen (secondary N) is 1. The van der Waals surface area contributed by atoms with Gasteiger partial charge in [-0.3, -0.25) is 34.3 Å². The number of benzene rings is 2. The zero-order chi connectivity index (χ0) is 25.0. The van der Waals surface area contributed by atoms with E-state index in [2.05, 4.69) is 15.4 Å². The van der Waals surface area contributed by atoms with Crippen LogP contribution in [0.3, 0.4) is 0 Å². The highest BCUT2D eigenvalue weighted by molar-refractivity contribution is 6.24. The summed E-state index contributed by atoms with van der Waals surface area (Å²) in [7, 11) is 0. The molecular formula is C26H23FN4O5. The van der Waals surface area contributed by atoms with Crippen molar-refractivity contribution in [2.24, 2.45) is 0 Å². The first-order valence-corrected chi connectivity index (χ1v) is 12.0. The van der Waals surface area contributed by atoms with Crippen LogP contribution in [0.1, 0.15) is 63.6 Å². The predicted molar refractivity (Wildman–Crippen MR) is 124 cm³/mol. The van der Waals surface area contributed by atoms with Gasteiger partial charge in [0.05, 0.1) is 16.8 Å². The van der Waals surface area contributed by atoms with E-state index >= 15 is 0 Å². The minimum Gasteiger partial charge on any atom is -0.356 e. The average molecular weight is 490 g/mol. The van der Waals surface area contributed by atoms with E-state index in [0.29, 0.717) is 23.3 Å². The third-order valence-corrected chi connectivity index (χ3v) is 7.38. The number of imide groups is 2. The Morgan fingerprint density at radius 3 is 2.61 bits per heavy atom. The maximum absolute atomic E-state index is 13.5. The largest absolute Gasteiger partial charge is 0.356 e. The van der Waals surface area contributed by atoms with E-state index < -0.39 is 29.7 Å². The van der Waals surface area contributed by atoms with Crippen molar-refractivity contribution in [3.8, 4) is 0 Å². The number of carbonyl (C=O) groups excluding carboxylic acids is 4. The van der Waals surface area contributed by atoms with E-state index in [1.54, 1.807) is 18.2 Å². The maximum Gasteiger partial charge on any atom is 0.262 e. The highest BCUT2D eigenvalue weighted by Gasteiger charge is 2.45. The van der Waals surface area contributed by atoms with Crippen LogP contribution in [-0.4, -0.2) is 57.7 Å². The molecule has 36 heavy (non-hydrogen) atoms. The topological polar surface area (TPSA) is 113 Å². The van der Waals surface area contributed by atoms with Gasteiger partial charge in [0.2, 0.25) is 11.8 Å². The Bertz CT molecular complexity index is 1420. The molecule has 3 aliphatic heterocycles. The molecule has 0 radical (unpaired) electrons. The van der Waals surface area contributed by atoms with Crippen LogP contribution >= 0.6 is 0 Å². The molecule has 4 amide bonds. The number of likely N-dealkylation sites (tertiary alicyclic amines) is 1. The third-order valence-electron chi connectivity index (χ3n) is 7.38. The molecular weight excluding hydrogens is 467 g/mol. The monoisotopic (exact) mass is 490 g/mol. The lowest BCUT2D eigenvalue weighted by Gasteiger charge is -2.31. The van der Waals surface area contributed by atoms with Crippen molar-refractivity contribution >= 4 is 34.6 Å². The van der Waals surface area contributed by atoms with Crippen LogP contribution in [0.15, 0.2) is 40.9 Å². The molecule has 6 rings (SSSR count). The summed E-state index contributed by atoms with van der Waals surface area (Å²) in [5.74, 6) is -2.19. The molecule has 184 valence electrons. The average Bonchev–Trinajstić information content (AvgIpc) is 3.39. The molecule has 0 aliphatic carbocycles. The highest BCUT2D eigenvalue weighted by Crippen LogP contribution is 2.35. The molecule has 1 aromatic heterocycles. The van der Waals surface area contributed by atoms with E-state index in [1.165, 1.54) is 12.1 Å². The van der Waals surface area contributed by atoms with Crippen molar-refractivity contribution in [3.05, 3.63) is 64.6 Å². The van der Waals surface area contributed by atoms with E-state index in [1.807, 2.05) is 6.07 Å². The third kappa shape index (κ3) is 3.69. The van der Waals surface area contributed by atoms with E-state index in [4.69, 9.17) is 4.52 Å². The number of piperidine rings is 2. The zero-order valence-electron chi connectivity index (χ0n) is 19.3. The Balaban J connectivity index is 1.17. The van der Waals surface area contributed by atoms with Crippen LogP contribution in [-0.2, 0) is 16.1 Å². The molecule has 0 bridgehead atoms. The molecule has 1 unspecified atom stereocenters. The van der Waals surface area contributed by atoms with Gasteiger partial charge in [-0.25, -0.2) is 4.39 Å². The lowest BCUT2D eigenvalue weighted by molar-refractivity contribution is -0.136. The van der Waals surface area contributed by atoms with E-state index in [9.17, 15) is 23.6 Å². The Morgan fingerprint density at radius 1 is 1.03 bits per heavy atom. The summed E-state index contributed by atoms with van der Waals surface area (Å²) in [6, 6.07) is 8.66. The van der Waals surface area contributed by atoms with Crippen LogP contribution in [0, 0.1) is 5.82 Å². The Kier molecular flexibility index (Phi) is 5.40. The van der Waals surface area contributed by atoms with Gasteiger partial charge in [0, 0.05) is 30.3 Å². The highest BCUT2D eigenvalue weighted by atomic mass is 19.1. The van der Waals surface area contributed by atoms with E-state index in [0.717, 1.165) is 47.5 Å². The fraction of sp³-hybridized carbons (Fsp3) is 0.346. The second-order valence-electron chi connectivity index (χ2n) is 9.55. The lowest BCUT2D eigenvalue weighted by atomic mass is 9.91. The Morgan fingerprint density at radius 2 is 1.83 bits per heavy atom. The number of fused-ring (bicyclic) bond motifs is 2. The molecule has 10 heteroatoms. The van der Waals surface area contributed by atoms with Gasteiger partial charge in [-0.15, -0.1) is 0 Å². The summed E-state index contributed by atoms with van der Waals surface area (Å²) in [6.45, 7) is 1.99. The Hall–Kier alpha value is -3.92. The number of halogens is 1. The quantitative estimate of drug-likeness (QED) is 0.560. The molecule has 4 heterocycles. The number of amides is 4. The van der Waals surface area contributed by atoms with Crippen molar-refractivity contribution in [1.82, 2.24) is 20.3 Å². The molecule has 2 fully saturated rings. The van der Waals surface area contributed by atoms with Crippen LogP contribution in [0.5, 0.6) is 0 Å². The summed E-state index contributed by atoms with van der Waals surface area (Å²) >= 11 is 0. The molecule has 9 nitrogen and oxygen atoms in total. The smallest absolute Gasteiger partial charge is 0.262 e. The minimum atomic E-state index is -0.982. The maximum atomic E-state index is 13.5. The summed E-state index contributed by atoms with van der Waals surface area (Å²) in [5.41, 5.74) is 2.64.